The van der Waals surface area contributed by atoms with Crippen molar-refractivity contribution in [1.29, 1.82) is 5.26 Å². The van der Waals surface area contributed by atoms with E-state index < -0.39 is 5.41 Å². The summed E-state index contributed by atoms with van der Waals surface area (Å²) in [6.45, 7) is 5.05. The number of fused-ring (bicyclic) bond motifs is 1. The quantitative estimate of drug-likeness (QED) is 0.670. The highest BCUT2D eigenvalue weighted by Gasteiger charge is 2.21. The molecule has 0 aliphatic heterocycles. The Kier molecular flexibility index (Phi) is 4.19. The smallest absolute Gasteiger partial charge is 0.155 e. The number of H-pyrrole nitrogens is 1. The zero-order valence-corrected chi connectivity index (χ0v) is 13.8. The molecule has 24 heavy (non-hydrogen) atoms. The normalized spacial score (nSPS) is 11.4. The maximum atomic E-state index is 9.50. The Morgan fingerprint density at radius 3 is 2.92 bits per heavy atom. The minimum atomic E-state index is -0.586. The van der Waals surface area contributed by atoms with Crippen molar-refractivity contribution in [2.24, 2.45) is 5.73 Å². The average molecular weight is 320 g/mol. The molecule has 3 rings (SSSR count). The minimum Gasteiger partial charge on any atom is -0.384 e. The van der Waals surface area contributed by atoms with Crippen molar-refractivity contribution in [3.8, 4) is 17.2 Å². The molecule has 0 radical (unpaired) electrons. The highest BCUT2D eigenvalue weighted by atomic mass is 15.1. The van der Waals surface area contributed by atoms with Gasteiger partial charge in [-0.2, -0.15) is 10.4 Å². The Morgan fingerprint density at radius 2 is 2.17 bits per heavy atom. The number of nitrogens with one attached hydrogen (secondary N) is 2. The summed E-state index contributed by atoms with van der Waals surface area (Å²) in [4.78, 5) is 4.28. The number of hydrogen-bond acceptors (Lipinski definition) is 5. The number of nitrogens with two attached hydrogens (primary N) is 1. The summed E-state index contributed by atoms with van der Waals surface area (Å²) in [6, 6.07) is 10.5. The lowest BCUT2D eigenvalue weighted by Gasteiger charge is -2.19. The van der Waals surface area contributed by atoms with Crippen molar-refractivity contribution in [2.75, 3.05) is 18.4 Å². The van der Waals surface area contributed by atoms with Gasteiger partial charge in [0.05, 0.1) is 17.7 Å². The number of rotatable bonds is 5. The number of hydrogen-bond donors (Lipinski definition) is 3. The summed E-state index contributed by atoms with van der Waals surface area (Å²) in [6.07, 6.45) is 3.53. The number of aromatic amines is 1. The summed E-state index contributed by atoms with van der Waals surface area (Å²) in [5.41, 5.74) is 9.71. The lowest BCUT2D eigenvalue weighted by Crippen LogP contribution is -2.16. The van der Waals surface area contributed by atoms with Gasteiger partial charge in [-0.1, -0.05) is 0 Å². The number of pyridine rings is 1. The van der Waals surface area contributed by atoms with Gasteiger partial charge in [0.25, 0.3) is 0 Å². The first kappa shape index (κ1) is 16.0. The molecule has 4 N–H and O–H groups in total. The topological polar surface area (TPSA) is 103 Å². The van der Waals surface area contributed by atoms with E-state index in [-0.39, 0.29) is 0 Å². The van der Waals surface area contributed by atoms with Crippen LogP contribution in [-0.2, 0) is 5.41 Å². The Bertz CT molecular complexity index is 903. The maximum absolute atomic E-state index is 9.50. The third-order valence-corrected chi connectivity index (χ3v) is 4.07. The number of aromatic nitrogens is 3. The molecule has 0 saturated carbocycles. The second-order valence-corrected chi connectivity index (χ2v) is 6.24. The van der Waals surface area contributed by atoms with Crippen LogP contribution in [0, 0.1) is 11.3 Å². The van der Waals surface area contributed by atoms with Crippen molar-refractivity contribution >= 4 is 16.7 Å². The Balaban J connectivity index is 2.18. The van der Waals surface area contributed by atoms with Crippen LogP contribution in [-0.4, -0.2) is 28.3 Å². The highest BCUT2D eigenvalue weighted by molar-refractivity contribution is 5.92. The van der Waals surface area contributed by atoms with Crippen LogP contribution < -0.4 is 11.1 Å². The van der Waals surface area contributed by atoms with Crippen molar-refractivity contribution in [2.45, 2.75) is 19.3 Å². The first-order chi connectivity index (χ1) is 11.5. The van der Waals surface area contributed by atoms with Crippen LogP contribution in [0.4, 0.5) is 5.69 Å². The third kappa shape index (κ3) is 2.94. The van der Waals surface area contributed by atoms with Gasteiger partial charge in [-0.3, -0.25) is 5.10 Å². The molecule has 0 bridgehead atoms. The van der Waals surface area contributed by atoms with E-state index in [4.69, 9.17) is 5.73 Å². The molecule has 1 aromatic carbocycles. The fourth-order valence-corrected chi connectivity index (χ4v) is 2.63. The number of nitriles is 1. The molecule has 0 atom stereocenters. The van der Waals surface area contributed by atoms with E-state index >= 15 is 0 Å². The van der Waals surface area contributed by atoms with E-state index in [9.17, 15) is 5.26 Å². The third-order valence-electron chi connectivity index (χ3n) is 4.07. The Hall–Kier alpha value is -2.91. The minimum absolute atomic E-state index is 0.544. The molecule has 0 amide bonds. The fourth-order valence-electron chi connectivity index (χ4n) is 2.63. The zero-order valence-electron chi connectivity index (χ0n) is 13.8. The van der Waals surface area contributed by atoms with Crippen molar-refractivity contribution in [3.63, 3.8) is 0 Å². The predicted molar refractivity (Wildman–Crippen MR) is 95.5 cm³/mol. The molecule has 0 aliphatic rings. The molecule has 0 fully saturated rings. The highest BCUT2D eigenvalue weighted by Crippen LogP contribution is 2.33. The van der Waals surface area contributed by atoms with Gasteiger partial charge in [-0.05, 0) is 54.8 Å². The second-order valence-electron chi connectivity index (χ2n) is 6.24. The van der Waals surface area contributed by atoms with Gasteiger partial charge in [-0.25, -0.2) is 4.98 Å². The molecule has 6 nitrogen and oxygen atoms in total. The molecular weight excluding hydrogens is 300 g/mol. The molecule has 0 spiro atoms. The summed E-state index contributed by atoms with van der Waals surface area (Å²) >= 11 is 0. The van der Waals surface area contributed by atoms with Crippen molar-refractivity contribution in [1.82, 2.24) is 15.2 Å². The molecule has 0 aliphatic carbocycles. The van der Waals surface area contributed by atoms with E-state index in [1.165, 1.54) is 0 Å². The van der Waals surface area contributed by atoms with Crippen LogP contribution in [0.2, 0.25) is 0 Å². The van der Waals surface area contributed by atoms with E-state index in [0.29, 0.717) is 13.1 Å². The first-order valence-electron chi connectivity index (χ1n) is 7.84. The molecule has 0 saturated heterocycles. The lowest BCUT2D eigenvalue weighted by atomic mass is 9.84. The molecule has 3 aromatic rings. The van der Waals surface area contributed by atoms with Crippen LogP contribution in [0.25, 0.3) is 22.2 Å². The number of nitrogens with zero attached hydrogens (tertiary/aromatic N) is 3. The Labute approximate surface area is 140 Å². The van der Waals surface area contributed by atoms with Crippen LogP contribution in [0.15, 0.2) is 36.7 Å². The lowest BCUT2D eigenvalue weighted by molar-refractivity contribution is 0.687. The molecule has 122 valence electrons. The summed E-state index contributed by atoms with van der Waals surface area (Å²) in [5, 5.41) is 20.7. The predicted octanol–water partition coefficient (Wildman–Crippen LogP) is 2.80. The van der Waals surface area contributed by atoms with Gasteiger partial charge in [-0.15, -0.1) is 0 Å². The van der Waals surface area contributed by atoms with Gasteiger partial charge in [0.2, 0.25) is 0 Å². The zero-order chi connectivity index (χ0) is 17.2. The van der Waals surface area contributed by atoms with E-state index in [1.807, 2.05) is 26.0 Å². The van der Waals surface area contributed by atoms with Gasteiger partial charge in [0, 0.05) is 30.4 Å². The van der Waals surface area contributed by atoms with Gasteiger partial charge < -0.3 is 11.1 Å². The van der Waals surface area contributed by atoms with E-state index in [1.54, 1.807) is 12.4 Å². The SMILES string of the molecule is CC(C)(C#N)c1cc(NCCN)cc(-c2ccnc3[nH]ncc23)c1. The maximum Gasteiger partial charge on any atom is 0.155 e. The first-order valence-corrected chi connectivity index (χ1v) is 7.84. The fraction of sp³-hybridized carbons (Fsp3) is 0.278. The largest absolute Gasteiger partial charge is 0.384 e. The summed E-state index contributed by atoms with van der Waals surface area (Å²) in [5.74, 6) is 0. The molecular formula is C18H20N6. The molecule has 0 unspecified atom stereocenters. The van der Waals surface area contributed by atoms with E-state index in [0.717, 1.165) is 33.4 Å². The average Bonchev–Trinajstić information content (AvgIpc) is 3.08. The monoisotopic (exact) mass is 320 g/mol. The molecule has 2 heterocycles. The summed E-state index contributed by atoms with van der Waals surface area (Å²) in [7, 11) is 0. The van der Waals surface area contributed by atoms with Gasteiger partial charge >= 0.3 is 0 Å². The van der Waals surface area contributed by atoms with Gasteiger partial charge in [0.15, 0.2) is 5.65 Å². The standard InChI is InChI=1S/C18H20N6/c1-18(2,11-20)13-7-12(8-14(9-13)21-6-4-19)15-3-5-22-17-16(15)10-23-24-17/h3,5,7-10,21H,4,6,19H2,1-2H3,(H,22,23,24). The van der Waals surface area contributed by atoms with E-state index in [2.05, 4.69) is 38.7 Å². The molecule has 2 aromatic heterocycles. The van der Waals surface area contributed by atoms with Crippen LogP contribution in [0.5, 0.6) is 0 Å². The number of benzene rings is 1. The number of anilines is 1. The Morgan fingerprint density at radius 1 is 1.33 bits per heavy atom. The van der Waals surface area contributed by atoms with Crippen molar-refractivity contribution in [3.05, 3.63) is 42.2 Å². The van der Waals surface area contributed by atoms with Crippen molar-refractivity contribution < 1.29 is 0 Å². The second kappa shape index (κ2) is 6.30. The van der Waals surface area contributed by atoms with Crippen LogP contribution >= 0.6 is 0 Å². The summed E-state index contributed by atoms with van der Waals surface area (Å²) < 4.78 is 0. The van der Waals surface area contributed by atoms with Gasteiger partial charge in [0.1, 0.15) is 0 Å². The van der Waals surface area contributed by atoms with Crippen LogP contribution in [0.3, 0.4) is 0 Å². The van der Waals surface area contributed by atoms with Crippen LogP contribution in [0.1, 0.15) is 19.4 Å². The molecule has 6 heteroatoms.